The molecule has 0 fully saturated rings. The molecule has 4 heteroatoms. The van der Waals surface area contributed by atoms with Gasteiger partial charge in [-0.25, -0.2) is 0 Å². The maximum atomic E-state index is 9.97. The van der Waals surface area contributed by atoms with Gasteiger partial charge in [0, 0.05) is 5.56 Å². The fraction of sp³-hybridized carbons (Fsp3) is 0.125. The highest BCUT2D eigenvalue weighted by atomic mass is 16.5. The fourth-order valence-corrected chi connectivity index (χ4v) is 1.82. The van der Waals surface area contributed by atoms with E-state index in [2.05, 4.69) is 0 Å². The predicted molar refractivity (Wildman–Crippen MR) is 78.2 cm³/mol. The van der Waals surface area contributed by atoms with E-state index < -0.39 is 0 Å². The number of benzene rings is 2. The molecule has 0 saturated carbocycles. The van der Waals surface area contributed by atoms with Crippen LogP contribution in [-0.2, 0) is 0 Å². The van der Waals surface area contributed by atoms with E-state index in [0.717, 1.165) is 5.56 Å². The van der Waals surface area contributed by atoms with Crippen molar-refractivity contribution in [3.63, 3.8) is 0 Å². The normalized spacial score (nSPS) is 10.7. The maximum absolute atomic E-state index is 9.97. The van der Waals surface area contributed by atoms with Gasteiger partial charge in [-0.1, -0.05) is 30.4 Å². The molecular weight excluding hydrogens is 256 g/mol. The summed E-state index contributed by atoms with van der Waals surface area (Å²) >= 11 is 0. The van der Waals surface area contributed by atoms with Crippen molar-refractivity contribution >= 4 is 12.2 Å². The van der Waals surface area contributed by atoms with Crippen molar-refractivity contribution in [2.75, 3.05) is 14.2 Å². The molecule has 0 spiro atoms. The SMILES string of the molecule is COc1cc(/C=C/c2cccc(OC)c2O)ccc1O. The molecule has 0 bridgehead atoms. The Balaban J connectivity index is 2.30. The summed E-state index contributed by atoms with van der Waals surface area (Å²) in [6.45, 7) is 0. The van der Waals surface area contributed by atoms with Gasteiger partial charge < -0.3 is 19.7 Å². The molecule has 0 atom stereocenters. The molecule has 0 aliphatic rings. The van der Waals surface area contributed by atoms with E-state index in [4.69, 9.17) is 9.47 Å². The lowest BCUT2D eigenvalue weighted by molar-refractivity contribution is 0.373. The lowest BCUT2D eigenvalue weighted by Gasteiger charge is -2.06. The Morgan fingerprint density at radius 1 is 0.900 bits per heavy atom. The first-order valence-corrected chi connectivity index (χ1v) is 6.06. The minimum Gasteiger partial charge on any atom is -0.504 e. The molecule has 0 heterocycles. The van der Waals surface area contributed by atoms with Crippen LogP contribution in [0, 0.1) is 0 Å². The Hall–Kier alpha value is -2.62. The van der Waals surface area contributed by atoms with Crippen molar-refractivity contribution < 1.29 is 19.7 Å². The molecule has 4 nitrogen and oxygen atoms in total. The number of aromatic hydroxyl groups is 2. The van der Waals surface area contributed by atoms with Gasteiger partial charge in [0.05, 0.1) is 14.2 Å². The first-order valence-electron chi connectivity index (χ1n) is 6.06. The molecule has 0 aliphatic heterocycles. The Labute approximate surface area is 117 Å². The zero-order valence-corrected chi connectivity index (χ0v) is 11.3. The van der Waals surface area contributed by atoms with Gasteiger partial charge in [0.2, 0.25) is 0 Å². The molecule has 2 aromatic rings. The average Bonchev–Trinajstić information content (AvgIpc) is 2.47. The summed E-state index contributed by atoms with van der Waals surface area (Å²) in [4.78, 5) is 0. The maximum Gasteiger partial charge on any atom is 0.165 e. The summed E-state index contributed by atoms with van der Waals surface area (Å²) in [6, 6.07) is 10.3. The number of rotatable bonds is 4. The van der Waals surface area contributed by atoms with Crippen molar-refractivity contribution in [3.8, 4) is 23.0 Å². The number of hydrogen-bond donors (Lipinski definition) is 2. The second-order valence-electron chi connectivity index (χ2n) is 4.16. The van der Waals surface area contributed by atoms with E-state index in [0.29, 0.717) is 17.1 Å². The van der Waals surface area contributed by atoms with E-state index in [1.807, 2.05) is 6.08 Å². The van der Waals surface area contributed by atoms with Crippen LogP contribution in [-0.4, -0.2) is 24.4 Å². The first-order chi connectivity index (χ1) is 9.65. The van der Waals surface area contributed by atoms with Crippen molar-refractivity contribution in [3.05, 3.63) is 47.5 Å². The molecule has 0 aromatic heterocycles. The average molecular weight is 272 g/mol. The zero-order valence-electron chi connectivity index (χ0n) is 11.3. The molecule has 0 saturated heterocycles. The van der Waals surface area contributed by atoms with Gasteiger partial charge in [-0.15, -0.1) is 0 Å². The molecule has 2 rings (SSSR count). The molecule has 2 aromatic carbocycles. The Kier molecular flexibility index (Phi) is 4.15. The third-order valence-electron chi connectivity index (χ3n) is 2.91. The van der Waals surface area contributed by atoms with Crippen LogP contribution in [0.3, 0.4) is 0 Å². The number of para-hydroxylation sites is 1. The van der Waals surface area contributed by atoms with Crippen LogP contribution in [0.25, 0.3) is 12.2 Å². The predicted octanol–water partition coefficient (Wildman–Crippen LogP) is 3.29. The van der Waals surface area contributed by atoms with Crippen molar-refractivity contribution in [1.29, 1.82) is 0 Å². The number of ether oxygens (including phenoxy) is 2. The molecule has 0 radical (unpaired) electrons. The Bertz CT molecular complexity index is 632. The lowest BCUT2D eigenvalue weighted by Crippen LogP contribution is -1.85. The van der Waals surface area contributed by atoms with Gasteiger partial charge in [0.1, 0.15) is 0 Å². The molecule has 0 amide bonds. The van der Waals surface area contributed by atoms with Crippen LogP contribution in [0.2, 0.25) is 0 Å². The summed E-state index contributed by atoms with van der Waals surface area (Å²) in [5.74, 6) is 1.02. The third kappa shape index (κ3) is 2.85. The largest absolute Gasteiger partial charge is 0.504 e. The quantitative estimate of drug-likeness (QED) is 0.838. The van der Waals surface area contributed by atoms with Crippen LogP contribution < -0.4 is 9.47 Å². The molecule has 20 heavy (non-hydrogen) atoms. The van der Waals surface area contributed by atoms with Crippen LogP contribution in [0.15, 0.2) is 36.4 Å². The highest BCUT2D eigenvalue weighted by Crippen LogP contribution is 2.31. The van der Waals surface area contributed by atoms with Crippen molar-refractivity contribution in [2.24, 2.45) is 0 Å². The molecule has 104 valence electrons. The minimum absolute atomic E-state index is 0.0916. The number of hydrogen-bond acceptors (Lipinski definition) is 4. The van der Waals surface area contributed by atoms with Crippen molar-refractivity contribution in [1.82, 2.24) is 0 Å². The van der Waals surface area contributed by atoms with Gasteiger partial charge in [-0.05, 0) is 23.8 Å². The van der Waals surface area contributed by atoms with E-state index in [1.54, 1.807) is 42.5 Å². The van der Waals surface area contributed by atoms with Gasteiger partial charge in [0.25, 0.3) is 0 Å². The third-order valence-corrected chi connectivity index (χ3v) is 2.91. The van der Waals surface area contributed by atoms with Gasteiger partial charge >= 0.3 is 0 Å². The monoisotopic (exact) mass is 272 g/mol. The Morgan fingerprint density at radius 2 is 1.65 bits per heavy atom. The summed E-state index contributed by atoms with van der Waals surface area (Å²) in [5.41, 5.74) is 1.50. The summed E-state index contributed by atoms with van der Waals surface area (Å²) in [5, 5.41) is 19.5. The van der Waals surface area contributed by atoms with Gasteiger partial charge in [-0.2, -0.15) is 0 Å². The molecule has 0 unspecified atom stereocenters. The standard InChI is InChI=1S/C16H16O4/c1-19-14-5-3-4-12(16(14)18)8-6-11-7-9-13(17)15(10-11)20-2/h3-10,17-18H,1-2H3/b8-6+. The van der Waals surface area contributed by atoms with Gasteiger partial charge in [-0.3, -0.25) is 0 Å². The number of methoxy groups -OCH3 is 2. The first kappa shape index (κ1) is 13.8. The van der Waals surface area contributed by atoms with E-state index in [9.17, 15) is 10.2 Å². The summed E-state index contributed by atoms with van der Waals surface area (Å²) in [7, 11) is 3.00. The highest BCUT2D eigenvalue weighted by molar-refractivity contribution is 5.74. The topological polar surface area (TPSA) is 58.9 Å². The second kappa shape index (κ2) is 6.02. The van der Waals surface area contributed by atoms with Crippen LogP contribution in [0.5, 0.6) is 23.0 Å². The van der Waals surface area contributed by atoms with E-state index in [1.165, 1.54) is 14.2 Å². The van der Waals surface area contributed by atoms with Gasteiger partial charge in [0.15, 0.2) is 23.0 Å². The molecular formula is C16H16O4. The van der Waals surface area contributed by atoms with E-state index in [-0.39, 0.29) is 11.5 Å². The summed E-state index contributed by atoms with van der Waals surface area (Å²) in [6.07, 6.45) is 3.58. The highest BCUT2D eigenvalue weighted by Gasteiger charge is 2.04. The lowest BCUT2D eigenvalue weighted by atomic mass is 10.1. The van der Waals surface area contributed by atoms with E-state index >= 15 is 0 Å². The number of phenolic OH excluding ortho intramolecular Hbond substituents is 2. The minimum atomic E-state index is 0.0916. The summed E-state index contributed by atoms with van der Waals surface area (Å²) < 4.78 is 10.1. The smallest absolute Gasteiger partial charge is 0.165 e. The Morgan fingerprint density at radius 3 is 2.35 bits per heavy atom. The molecule has 0 aliphatic carbocycles. The second-order valence-corrected chi connectivity index (χ2v) is 4.16. The van der Waals surface area contributed by atoms with Crippen LogP contribution in [0.4, 0.5) is 0 Å². The fourth-order valence-electron chi connectivity index (χ4n) is 1.82. The molecule has 2 N–H and O–H groups in total. The van der Waals surface area contributed by atoms with Crippen LogP contribution >= 0.6 is 0 Å². The zero-order chi connectivity index (χ0) is 14.5. The number of phenols is 2. The van der Waals surface area contributed by atoms with Crippen LogP contribution in [0.1, 0.15) is 11.1 Å². The van der Waals surface area contributed by atoms with Crippen molar-refractivity contribution in [2.45, 2.75) is 0 Å².